The molecule has 19 heavy (non-hydrogen) atoms. The van der Waals surface area contributed by atoms with E-state index >= 15 is 0 Å². The van der Waals surface area contributed by atoms with Gasteiger partial charge in [-0.25, -0.2) is 0 Å². The van der Waals surface area contributed by atoms with E-state index in [0.717, 1.165) is 32.5 Å². The van der Waals surface area contributed by atoms with Crippen LogP contribution in [0.15, 0.2) is 24.3 Å². The first kappa shape index (κ1) is 14.5. The Morgan fingerprint density at radius 3 is 2.68 bits per heavy atom. The number of piperidine rings is 1. The van der Waals surface area contributed by atoms with Crippen LogP contribution in [-0.2, 0) is 4.74 Å². The Kier molecular flexibility index (Phi) is 5.37. The summed E-state index contributed by atoms with van der Waals surface area (Å²) in [6, 6.07) is 7.25. The van der Waals surface area contributed by atoms with Crippen LogP contribution in [0.2, 0.25) is 5.02 Å². The molecule has 0 atom stereocenters. The van der Waals surface area contributed by atoms with E-state index in [1.807, 2.05) is 12.1 Å². The molecule has 0 amide bonds. The maximum absolute atomic E-state index is 12.2. The molecule has 2 rings (SSSR count). The molecule has 1 saturated heterocycles. The molecule has 0 spiro atoms. The highest BCUT2D eigenvalue weighted by molar-refractivity contribution is 6.34. The minimum atomic E-state index is 0.107. The van der Waals surface area contributed by atoms with Gasteiger partial charge in [0, 0.05) is 19.3 Å². The van der Waals surface area contributed by atoms with Gasteiger partial charge in [0.15, 0.2) is 5.78 Å². The number of carbonyl (C=O) groups excluding carboxylic acids is 1. The highest BCUT2D eigenvalue weighted by Crippen LogP contribution is 2.19. The second-order valence-electron chi connectivity index (χ2n) is 5.08. The molecule has 0 unspecified atom stereocenters. The molecule has 1 aliphatic heterocycles. The molecule has 1 aromatic rings. The summed E-state index contributed by atoms with van der Waals surface area (Å²) in [5, 5.41) is 0.543. The summed E-state index contributed by atoms with van der Waals surface area (Å²) < 4.78 is 5.18. The molecule has 0 radical (unpaired) electrons. The lowest BCUT2D eigenvalue weighted by Crippen LogP contribution is -2.38. The first-order valence-electron chi connectivity index (χ1n) is 6.69. The predicted molar refractivity (Wildman–Crippen MR) is 76.8 cm³/mol. The van der Waals surface area contributed by atoms with Gasteiger partial charge in [-0.15, -0.1) is 0 Å². The van der Waals surface area contributed by atoms with Crippen LogP contribution in [0.5, 0.6) is 0 Å². The maximum Gasteiger partial charge on any atom is 0.178 e. The summed E-state index contributed by atoms with van der Waals surface area (Å²) in [5.41, 5.74) is 0.628. The standard InChI is InChI=1S/C15H20ClNO2/c1-19-11-12-6-8-17(9-7-12)10-15(18)13-4-2-3-5-14(13)16/h2-5,12H,6-11H2,1H3. The zero-order chi connectivity index (χ0) is 13.7. The SMILES string of the molecule is COCC1CCN(CC(=O)c2ccccc2Cl)CC1. The van der Waals surface area contributed by atoms with E-state index in [-0.39, 0.29) is 5.78 Å². The van der Waals surface area contributed by atoms with Gasteiger partial charge in [-0.2, -0.15) is 0 Å². The van der Waals surface area contributed by atoms with E-state index in [4.69, 9.17) is 16.3 Å². The number of methoxy groups -OCH3 is 1. The fraction of sp³-hybridized carbons (Fsp3) is 0.533. The third kappa shape index (κ3) is 4.03. The monoisotopic (exact) mass is 281 g/mol. The van der Waals surface area contributed by atoms with E-state index in [0.29, 0.717) is 23.0 Å². The van der Waals surface area contributed by atoms with Crippen LogP contribution in [0, 0.1) is 5.92 Å². The summed E-state index contributed by atoms with van der Waals surface area (Å²) in [4.78, 5) is 14.4. The Balaban J connectivity index is 1.86. The van der Waals surface area contributed by atoms with E-state index < -0.39 is 0 Å². The zero-order valence-corrected chi connectivity index (χ0v) is 12.0. The van der Waals surface area contributed by atoms with Gasteiger partial charge < -0.3 is 4.74 Å². The third-order valence-corrected chi connectivity index (χ3v) is 3.98. The number of hydrogen-bond acceptors (Lipinski definition) is 3. The molecule has 3 nitrogen and oxygen atoms in total. The molecule has 104 valence electrons. The van der Waals surface area contributed by atoms with E-state index in [1.165, 1.54) is 0 Å². The summed E-state index contributed by atoms with van der Waals surface area (Å²) in [7, 11) is 1.74. The summed E-state index contributed by atoms with van der Waals surface area (Å²) in [6.45, 7) is 3.21. The van der Waals surface area contributed by atoms with Crippen LogP contribution in [0.4, 0.5) is 0 Å². The number of benzene rings is 1. The van der Waals surface area contributed by atoms with Crippen molar-refractivity contribution < 1.29 is 9.53 Å². The Morgan fingerprint density at radius 2 is 2.05 bits per heavy atom. The smallest absolute Gasteiger partial charge is 0.178 e. The largest absolute Gasteiger partial charge is 0.384 e. The maximum atomic E-state index is 12.2. The second-order valence-corrected chi connectivity index (χ2v) is 5.49. The van der Waals surface area contributed by atoms with Crippen LogP contribution >= 0.6 is 11.6 Å². The lowest BCUT2D eigenvalue weighted by Gasteiger charge is -2.31. The number of halogens is 1. The van der Waals surface area contributed by atoms with Crippen molar-refractivity contribution in [3.63, 3.8) is 0 Å². The molecule has 0 aromatic heterocycles. The number of ketones is 1. The van der Waals surface area contributed by atoms with Crippen LogP contribution in [-0.4, -0.2) is 44.0 Å². The molecule has 1 fully saturated rings. The average molecular weight is 282 g/mol. The number of nitrogens with zero attached hydrogens (tertiary/aromatic N) is 1. The normalized spacial score (nSPS) is 17.6. The highest BCUT2D eigenvalue weighted by atomic mass is 35.5. The second kappa shape index (κ2) is 7.04. The lowest BCUT2D eigenvalue weighted by molar-refractivity contribution is 0.0810. The van der Waals surface area contributed by atoms with Crippen molar-refractivity contribution in [2.45, 2.75) is 12.8 Å². The van der Waals surface area contributed by atoms with E-state index in [9.17, 15) is 4.79 Å². The van der Waals surface area contributed by atoms with E-state index in [2.05, 4.69) is 4.90 Å². The van der Waals surface area contributed by atoms with Gasteiger partial charge in [0.05, 0.1) is 11.6 Å². The van der Waals surface area contributed by atoms with Crippen molar-refractivity contribution in [2.24, 2.45) is 5.92 Å². The molecule has 1 aromatic carbocycles. The van der Waals surface area contributed by atoms with Gasteiger partial charge in [-0.1, -0.05) is 23.7 Å². The van der Waals surface area contributed by atoms with Gasteiger partial charge in [-0.3, -0.25) is 9.69 Å². The van der Waals surface area contributed by atoms with Crippen molar-refractivity contribution in [2.75, 3.05) is 33.4 Å². The summed E-state index contributed by atoms with van der Waals surface area (Å²) >= 11 is 6.05. The van der Waals surface area contributed by atoms with Gasteiger partial charge in [0.25, 0.3) is 0 Å². The Hall–Kier alpha value is -0.900. The van der Waals surface area contributed by atoms with Gasteiger partial charge in [0.2, 0.25) is 0 Å². The number of carbonyl (C=O) groups is 1. The van der Waals surface area contributed by atoms with Crippen molar-refractivity contribution in [1.82, 2.24) is 4.90 Å². The third-order valence-electron chi connectivity index (χ3n) is 3.65. The fourth-order valence-electron chi connectivity index (χ4n) is 2.52. The molecular formula is C15H20ClNO2. The van der Waals surface area contributed by atoms with Crippen molar-refractivity contribution in [1.29, 1.82) is 0 Å². The van der Waals surface area contributed by atoms with Crippen LogP contribution in [0.25, 0.3) is 0 Å². The zero-order valence-electron chi connectivity index (χ0n) is 11.3. The van der Waals surface area contributed by atoms with E-state index in [1.54, 1.807) is 19.2 Å². The first-order valence-corrected chi connectivity index (χ1v) is 7.07. The average Bonchev–Trinajstić information content (AvgIpc) is 2.42. The molecule has 4 heteroatoms. The molecule has 0 aliphatic carbocycles. The lowest BCUT2D eigenvalue weighted by atomic mass is 9.97. The Morgan fingerprint density at radius 1 is 1.37 bits per heavy atom. The number of ether oxygens (including phenoxy) is 1. The minimum Gasteiger partial charge on any atom is -0.384 e. The van der Waals surface area contributed by atoms with Crippen molar-refractivity contribution >= 4 is 17.4 Å². The number of hydrogen-bond donors (Lipinski definition) is 0. The highest BCUT2D eigenvalue weighted by Gasteiger charge is 2.21. The molecular weight excluding hydrogens is 262 g/mol. The van der Waals surface area contributed by atoms with Crippen LogP contribution in [0.1, 0.15) is 23.2 Å². The van der Waals surface area contributed by atoms with Crippen LogP contribution in [0.3, 0.4) is 0 Å². The topological polar surface area (TPSA) is 29.5 Å². The Labute approximate surface area is 119 Å². The predicted octanol–water partition coefficient (Wildman–Crippen LogP) is 2.88. The number of Topliss-reactive ketones (excluding diaryl/α,β-unsaturated/α-hetero) is 1. The minimum absolute atomic E-state index is 0.107. The molecule has 0 saturated carbocycles. The summed E-state index contributed by atoms with van der Waals surface area (Å²) in [6.07, 6.45) is 2.20. The summed E-state index contributed by atoms with van der Waals surface area (Å²) in [5.74, 6) is 0.743. The molecule has 0 N–H and O–H groups in total. The molecule has 1 heterocycles. The quantitative estimate of drug-likeness (QED) is 0.777. The van der Waals surface area contributed by atoms with Gasteiger partial charge >= 0.3 is 0 Å². The number of likely N-dealkylation sites (tertiary alicyclic amines) is 1. The first-order chi connectivity index (χ1) is 9.20. The van der Waals surface area contributed by atoms with Crippen LogP contribution < -0.4 is 0 Å². The fourth-order valence-corrected chi connectivity index (χ4v) is 2.76. The Bertz CT molecular complexity index is 428. The molecule has 0 bridgehead atoms. The molecule has 1 aliphatic rings. The van der Waals surface area contributed by atoms with Crippen molar-refractivity contribution in [3.05, 3.63) is 34.9 Å². The van der Waals surface area contributed by atoms with Crippen molar-refractivity contribution in [3.8, 4) is 0 Å². The van der Waals surface area contributed by atoms with Gasteiger partial charge in [-0.05, 0) is 44.0 Å². The number of rotatable bonds is 5. The van der Waals surface area contributed by atoms with Gasteiger partial charge in [0.1, 0.15) is 0 Å².